The minimum Gasteiger partial charge on any atom is -0.486 e. The van der Waals surface area contributed by atoms with Gasteiger partial charge in [-0.25, -0.2) is 0 Å². The number of nitrogens with zero attached hydrogens (tertiary/aromatic N) is 1. The van der Waals surface area contributed by atoms with Crippen LogP contribution in [-0.2, 0) is 13.2 Å². The van der Waals surface area contributed by atoms with Gasteiger partial charge in [-0.1, -0.05) is 23.7 Å². The van der Waals surface area contributed by atoms with Crippen molar-refractivity contribution in [3.05, 3.63) is 58.4 Å². The lowest BCUT2D eigenvalue weighted by molar-refractivity contribution is 0.301. The van der Waals surface area contributed by atoms with Gasteiger partial charge < -0.3 is 10.5 Å². The van der Waals surface area contributed by atoms with E-state index in [2.05, 4.69) is 4.98 Å². The average Bonchev–Trinajstić information content (AvgIpc) is 2.38. The van der Waals surface area contributed by atoms with Crippen LogP contribution in [0.4, 0.5) is 0 Å². The topological polar surface area (TPSA) is 48.1 Å². The van der Waals surface area contributed by atoms with Crippen LogP contribution in [-0.4, -0.2) is 4.98 Å². The van der Waals surface area contributed by atoms with Gasteiger partial charge in [0.15, 0.2) is 0 Å². The molecule has 0 fully saturated rings. The van der Waals surface area contributed by atoms with Gasteiger partial charge in [0.25, 0.3) is 0 Å². The quantitative estimate of drug-likeness (QED) is 0.921. The number of aryl methyl sites for hydroxylation is 1. The first-order chi connectivity index (χ1) is 8.69. The van der Waals surface area contributed by atoms with Gasteiger partial charge in [-0.2, -0.15) is 0 Å². The predicted octanol–water partition coefficient (Wildman–Crippen LogP) is 3.08. The van der Waals surface area contributed by atoms with Gasteiger partial charge in [0.05, 0.1) is 16.4 Å². The summed E-state index contributed by atoms with van der Waals surface area (Å²) in [5, 5.41) is 0.616. The molecule has 0 saturated heterocycles. The van der Waals surface area contributed by atoms with Crippen molar-refractivity contribution in [1.29, 1.82) is 0 Å². The molecule has 3 nitrogen and oxygen atoms in total. The van der Waals surface area contributed by atoms with E-state index in [1.54, 1.807) is 0 Å². The first-order valence-corrected chi connectivity index (χ1v) is 6.10. The fourth-order valence-electron chi connectivity index (χ4n) is 1.60. The second-order valence-corrected chi connectivity index (χ2v) is 4.45. The second kappa shape index (κ2) is 5.85. The summed E-state index contributed by atoms with van der Waals surface area (Å²) in [6.45, 7) is 2.80. The Morgan fingerprint density at radius 1 is 1.22 bits per heavy atom. The van der Waals surface area contributed by atoms with Crippen molar-refractivity contribution in [2.45, 2.75) is 20.1 Å². The average molecular weight is 263 g/mol. The molecular weight excluding hydrogens is 248 g/mol. The summed E-state index contributed by atoms with van der Waals surface area (Å²) < 4.78 is 5.64. The Kier molecular flexibility index (Phi) is 4.18. The lowest BCUT2D eigenvalue weighted by Crippen LogP contribution is -2.04. The molecule has 0 saturated carbocycles. The number of nitrogens with two attached hydrogens (primary N) is 1. The smallest absolute Gasteiger partial charge is 0.138 e. The Hall–Kier alpha value is -1.58. The number of rotatable bonds is 4. The minimum atomic E-state index is 0.386. The third kappa shape index (κ3) is 3.22. The molecule has 0 radical (unpaired) electrons. The Morgan fingerprint density at radius 3 is 2.72 bits per heavy atom. The second-order valence-electron chi connectivity index (χ2n) is 4.05. The molecule has 2 aromatic rings. The van der Waals surface area contributed by atoms with Gasteiger partial charge in [0, 0.05) is 6.54 Å². The van der Waals surface area contributed by atoms with Crippen LogP contribution in [0.5, 0.6) is 5.75 Å². The SMILES string of the molecule is Cc1ccc(OCc2cccc(CN)n2)c(Cl)c1. The normalized spacial score (nSPS) is 10.4. The van der Waals surface area contributed by atoms with E-state index >= 15 is 0 Å². The lowest BCUT2D eigenvalue weighted by Gasteiger charge is -2.08. The monoisotopic (exact) mass is 262 g/mol. The summed E-state index contributed by atoms with van der Waals surface area (Å²) in [7, 11) is 0. The summed E-state index contributed by atoms with van der Waals surface area (Å²) in [6, 6.07) is 11.4. The van der Waals surface area contributed by atoms with Crippen LogP contribution >= 0.6 is 11.6 Å². The highest BCUT2D eigenvalue weighted by Gasteiger charge is 2.03. The number of aromatic nitrogens is 1. The van der Waals surface area contributed by atoms with Crippen LogP contribution in [0.3, 0.4) is 0 Å². The zero-order valence-corrected chi connectivity index (χ0v) is 10.9. The van der Waals surface area contributed by atoms with Crippen molar-refractivity contribution in [3.8, 4) is 5.75 Å². The minimum absolute atomic E-state index is 0.386. The van der Waals surface area contributed by atoms with Crippen LogP contribution in [0, 0.1) is 6.92 Å². The molecule has 18 heavy (non-hydrogen) atoms. The summed E-state index contributed by atoms with van der Waals surface area (Å²) in [5.74, 6) is 0.669. The molecule has 2 N–H and O–H groups in total. The third-order valence-corrected chi connectivity index (χ3v) is 2.83. The van der Waals surface area contributed by atoms with Crippen molar-refractivity contribution in [3.63, 3.8) is 0 Å². The van der Waals surface area contributed by atoms with Crippen LogP contribution < -0.4 is 10.5 Å². The molecule has 0 atom stereocenters. The molecule has 1 aromatic heterocycles. The number of halogens is 1. The molecule has 1 aromatic carbocycles. The molecule has 4 heteroatoms. The van der Waals surface area contributed by atoms with Crippen LogP contribution in [0.15, 0.2) is 36.4 Å². The fourth-order valence-corrected chi connectivity index (χ4v) is 1.89. The molecule has 2 rings (SSSR count). The summed E-state index contributed by atoms with van der Waals surface area (Å²) in [5.41, 5.74) is 8.34. The zero-order valence-electron chi connectivity index (χ0n) is 10.2. The predicted molar refractivity (Wildman–Crippen MR) is 72.6 cm³/mol. The van der Waals surface area contributed by atoms with Gasteiger partial charge in [-0.15, -0.1) is 0 Å². The van der Waals surface area contributed by atoms with E-state index in [0.717, 1.165) is 17.0 Å². The molecule has 94 valence electrons. The highest BCUT2D eigenvalue weighted by Crippen LogP contribution is 2.25. The van der Waals surface area contributed by atoms with Gasteiger partial charge in [0.2, 0.25) is 0 Å². The molecule has 0 amide bonds. The molecular formula is C14H15ClN2O. The molecule has 0 unspecified atom stereocenters. The van der Waals surface area contributed by atoms with Crippen molar-refractivity contribution in [1.82, 2.24) is 4.98 Å². The van der Waals surface area contributed by atoms with Gasteiger partial charge in [-0.3, -0.25) is 4.98 Å². The molecule has 0 aliphatic rings. The van der Waals surface area contributed by atoms with Gasteiger partial charge in [0.1, 0.15) is 12.4 Å². The first kappa shape index (κ1) is 12.9. The van der Waals surface area contributed by atoms with Crippen LogP contribution in [0.2, 0.25) is 5.02 Å². The highest BCUT2D eigenvalue weighted by molar-refractivity contribution is 6.32. The fraction of sp³-hybridized carbons (Fsp3) is 0.214. The van der Waals surface area contributed by atoms with E-state index in [-0.39, 0.29) is 0 Å². The van der Waals surface area contributed by atoms with Gasteiger partial charge in [-0.05, 0) is 36.8 Å². The maximum absolute atomic E-state index is 6.09. The molecule has 0 aliphatic carbocycles. The van der Waals surface area contributed by atoms with E-state index < -0.39 is 0 Å². The van der Waals surface area contributed by atoms with E-state index in [0.29, 0.717) is 23.9 Å². The molecule has 0 spiro atoms. The van der Waals surface area contributed by atoms with Crippen LogP contribution in [0.25, 0.3) is 0 Å². The Labute approximate surface area is 112 Å². The van der Waals surface area contributed by atoms with E-state index in [1.165, 1.54) is 0 Å². The Morgan fingerprint density at radius 2 is 2.00 bits per heavy atom. The van der Waals surface area contributed by atoms with Crippen molar-refractivity contribution >= 4 is 11.6 Å². The van der Waals surface area contributed by atoms with Crippen molar-refractivity contribution < 1.29 is 4.74 Å². The number of ether oxygens (including phenoxy) is 1. The Balaban J connectivity index is 2.06. The summed E-state index contributed by atoms with van der Waals surface area (Å²) >= 11 is 6.09. The number of hydrogen-bond donors (Lipinski definition) is 1. The zero-order chi connectivity index (χ0) is 13.0. The Bertz CT molecular complexity index is 543. The summed E-state index contributed by atoms with van der Waals surface area (Å²) in [6.07, 6.45) is 0. The molecule has 1 heterocycles. The van der Waals surface area contributed by atoms with Crippen molar-refractivity contribution in [2.24, 2.45) is 5.73 Å². The third-order valence-electron chi connectivity index (χ3n) is 2.54. The number of pyridine rings is 1. The maximum Gasteiger partial charge on any atom is 0.138 e. The van der Waals surface area contributed by atoms with E-state index in [4.69, 9.17) is 22.1 Å². The van der Waals surface area contributed by atoms with E-state index in [9.17, 15) is 0 Å². The van der Waals surface area contributed by atoms with Gasteiger partial charge >= 0.3 is 0 Å². The summed E-state index contributed by atoms with van der Waals surface area (Å²) in [4.78, 5) is 4.36. The number of hydrogen-bond acceptors (Lipinski definition) is 3. The molecule has 0 bridgehead atoms. The number of benzene rings is 1. The maximum atomic E-state index is 6.09. The van der Waals surface area contributed by atoms with Crippen molar-refractivity contribution in [2.75, 3.05) is 0 Å². The van der Waals surface area contributed by atoms with Crippen LogP contribution in [0.1, 0.15) is 17.0 Å². The standard InChI is InChI=1S/C14H15ClN2O/c1-10-5-6-14(13(15)7-10)18-9-12-4-2-3-11(8-16)17-12/h2-7H,8-9,16H2,1H3. The largest absolute Gasteiger partial charge is 0.486 e. The lowest BCUT2D eigenvalue weighted by atomic mass is 10.2. The first-order valence-electron chi connectivity index (χ1n) is 5.73. The highest BCUT2D eigenvalue weighted by atomic mass is 35.5. The van der Waals surface area contributed by atoms with E-state index in [1.807, 2.05) is 43.3 Å². The molecule has 0 aliphatic heterocycles.